The lowest BCUT2D eigenvalue weighted by atomic mass is 9.99. The van der Waals surface area contributed by atoms with Crippen molar-refractivity contribution >= 4 is 11.0 Å². The van der Waals surface area contributed by atoms with Crippen molar-refractivity contribution in [2.45, 2.75) is 39.2 Å². The molecule has 0 spiro atoms. The van der Waals surface area contributed by atoms with Gasteiger partial charge >= 0.3 is 0 Å². The number of hydrogen-bond acceptors (Lipinski definition) is 3. The normalized spacial score (nSPS) is 17.9. The Bertz CT molecular complexity index is 540. The number of piperidine rings is 1. The van der Waals surface area contributed by atoms with Crippen LogP contribution in [0.4, 0.5) is 0 Å². The first-order valence-electron chi connectivity index (χ1n) is 7.83. The predicted molar refractivity (Wildman–Crippen MR) is 81.6 cm³/mol. The molecule has 3 rings (SSSR count). The van der Waals surface area contributed by atoms with E-state index in [-0.39, 0.29) is 0 Å². The highest BCUT2D eigenvalue weighted by molar-refractivity contribution is 5.73. The zero-order valence-corrected chi connectivity index (χ0v) is 12.3. The first-order chi connectivity index (χ1) is 9.83. The molecule has 4 nitrogen and oxygen atoms in total. The second kappa shape index (κ2) is 6.35. The third-order valence-corrected chi connectivity index (χ3v) is 4.39. The lowest BCUT2D eigenvalue weighted by molar-refractivity contribution is 0.188. The lowest BCUT2D eigenvalue weighted by Crippen LogP contribution is -2.33. The van der Waals surface area contributed by atoms with Crippen molar-refractivity contribution in [1.29, 1.82) is 0 Å². The summed E-state index contributed by atoms with van der Waals surface area (Å²) in [6, 6.07) is 8.19. The Labute approximate surface area is 120 Å². The van der Waals surface area contributed by atoms with Crippen LogP contribution in [-0.4, -0.2) is 39.5 Å². The van der Waals surface area contributed by atoms with Crippen LogP contribution in [0.15, 0.2) is 24.3 Å². The highest BCUT2D eigenvalue weighted by Gasteiger charge is 2.14. The van der Waals surface area contributed by atoms with Crippen LogP contribution in [0.3, 0.4) is 0 Å². The number of aromatic nitrogens is 3. The highest BCUT2D eigenvalue weighted by atomic mass is 15.4. The number of nitrogens with zero attached hydrogens (tertiary/aromatic N) is 4. The molecule has 0 amide bonds. The number of rotatable bonds is 5. The molecule has 1 fully saturated rings. The van der Waals surface area contributed by atoms with E-state index in [2.05, 4.69) is 34.3 Å². The maximum atomic E-state index is 4.24. The molecule has 0 N–H and O–H groups in total. The predicted octanol–water partition coefficient (Wildman–Crippen LogP) is 2.94. The summed E-state index contributed by atoms with van der Waals surface area (Å²) in [4.78, 5) is 2.61. The fraction of sp³-hybridized carbons (Fsp3) is 0.625. The Morgan fingerprint density at radius 2 is 1.85 bits per heavy atom. The summed E-state index contributed by atoms with van der Waals surface area (Å²) >= 11 is 0. The van der Waals surface area contributed by atoms with Crippen LogP contribution in [0.1, 0.15) is 32.6 Å². The molecule has 0 aliphatic carbocycles. The molecule has 1 aliphatic heterocycles. The van der Waals surface area contributed by atoms with Gasteiger partial charge in [0.15, 0.2) is 0 Å². The van der Waals surface area contributed by atoms with E-state index in [0.29, 0.717) is 0 Å². The van der Waals surface area contributed by atoms with E-state index in [1.807, 2.05) is 16.8 Å². The number of fused-ring (bicyclic) bond motifs is 1. The molecule has 0 unspecified atom stereocenters. The van der Waals surface area contributed by atoms with Crippen LogP contribution in [0.2, 0.25) is 0 Å². The molecule has 1 saturated heterocycles. The number of aryl methyl sites for hydroxylation is 1. The number of benzene rings is 1. The van der Waals surface area contributed by atoms with Gasteiger partial charge in [-0.3, -0.25) is 0 Å². The topological polar surface area (TPSA) is 34.0 Å². The molecule has 0 saturated carbocycles. The Morgan fingerprint density at radius 3 is 2.70 bits per heavy atom. The van der Waals surface area contributed by atoms with Crippen molar-refractivity contribution in [2.75, 3.05) is 19.6 Å². The first kappa shape index (κ1) is 13.6. The maximum absolute atomic E-state index is 4.24. The summed E-state index contributed by atoms with van der Waals surface area (Å²) < 4.78 is 2.04. The first-order valence-corrected chi connectivity index (χ1v) is 7.83. The summed E-state index contributed by atoms with van der Waals surface area (Å²) in [5.74, 6) is 0.924. The van der Waals surface area contributed by atoms with Crippen molar-refractivity contribution in [1.82, 2.24) is 19.9 Å². The van der Waals surface area contributed by atoms with Crippen LogP contribution in [0.25, 0.3) is 11.0 Å². The van der Waals surface area contributed by atoms with Gasteiger partial charge in [-0.2, -0.15) is 0 Å². The van der Waals surface area contributed by atoms with Crippen LogP contribution >= 0.6 is 0 Å². The summed E-state index contributed by atoms with van der Waals surface area (Å²) in [6.45, 7) is 7.15. The minimum Gasteiger partial charge on any atom is -0.303 e. The van der Waals surface area contributed by atoms with Crippen molar-refractivity contribution in [3.63, 3.8) is 0 Å². The van der Waals surface area contributed by atoms with Gasteiger partial charge in [-0.25, -0.2) is 4.68 Å². The van der Waals surface area contributed by atoms with Crippen molar-refractivity contribution in [2.24, 2.45) is 5.92 Å². The molecule has 0 bridgehead atoms. The number of unbranched alkanes of at least 4 members (excludes halogenated alkanes) is 1. The van der Waals surface area contributed by atoms with Gasteiger partial charge in [-0.05, 0) is 63.4 Å². The monoisotopic (exact) mass is 272 g/mol. The molecule has 1 aromatic heterocycles. The second-order valence-electron chi connectivity index (χ2n) is 6.03. The van der Waals surface area contributed by atoms with Crippen LogP contribution in [-0.2, 0) is 6.54 Å². The Morgan fingerprint density at radius 1 is 1.10 bits per heavy atom. The van der Waals surface area contributed by atoms with Crippen LogP contribution in [0, 0.1) is 5.92 Å². The quantitative estimate of drug-likeness (QED) is 0.785. The van der Waals surface area contributed by atoms with Gasteiger partial charge in [0.25, 0.3) is 0 Å². The van der Waals surface area contributed by atoms with Gasteiger partial charge in [0.1, 0.15) is 5.52 Å². The maximum Gasteiger partial charge on any atom is 0.113 e. The zero-order valence-electron chi connectivity index (χ0n) is 12.3. The minimum absolute atomic E-state index is 0.924. The average Bonchev–Trinajstić information content (AvgIpc) is 2.89. The van der Waals surface area contributed by atoms with Crippen molar-refractivity contribution in [3.8, 4) is 0 Å². The molecule has 0 radical (unpaired) electrons. The largest absolute Gasteiger partial charge is 0.303 e. The zero-order chi connectivity index (χ0) is 13.8. The van der Waals surface area contributed by atoms with Gasteiger partial charge in [0.05, 0.1) is 5.52 Å². The summed E-state index contributed by atoms with van der Waals surface area (Å²) in [7, 11) is 0. The fourth-order valence-corrected chi connectivity index (χ4v) is 2.97. The van der Waals surface area contributed by atoms with E-state index in [1.54, 1.807) is 0 Å². The lowest BCUT2D eigenvalue weighted by Gasteiger charge is -2.30. The molecule has 1 aromatic carbocycles. The van der Waals surface area contributed by atoms with Gasteiger partial charge in [-0.15, -0.1) is 5.10 Å². The molecule has 4 heteroatoms. The molecular formula is C16H24N4. The van der Waals surface area contributed by atoms with Crippen molar-refractivity contribution < 1.29 is 0 Å². The Hall–Kier alpha value is -1.42. The minimum atomic E-state index is 0.924. The van der Waals surface area contributed by atoms with E-state index in [9.17, 15) is 0 Å². The molecular weight excluding hydrogens is 248 g/mol. The molecule has 1 aliphatic rings. The number of para-hydroxylation sites is 1. The van der Waals surface area contributed by atoms with E-state index in [1.165, 1.54) is 45.3 Å². The number of likely N-dealkylation sites (tertiary alicyclic amines) is 1. The van der Waals surface area contributed by atoms with Crippen LogP contribution < -0.4 is 0 Å². The standard InChI is InChI=1S/C16H24N4/c1-14-8-12-19(13-9-14)10-4-5-11-20-16-7-3-2-6-15(16)17-18-20/h2-3,6-7,14H,4-5,8-13H2,1H3. The second-order valence-corrected chi connectivity index (χ2v) is 6.03. The van der Waals surface area contributed by atoms with Gasteiger partial charge in [-0.1, -0.05) is 24.3 Å². The number of hydrogen-bond donors (Lipinski definition) is 0. The molecule has 20 heavy (non-hydrogen) atoms. The van der Waals surface area contributed by atoms with E-state index in [0.717, 1.165) is 23.5 Å². The molecule has 0 atom stereocenters. The van der Waals surface area contributed by atoms with E-state index >= 15 is 0 Å². The third-order valence-electron chi connectivity index (χ3n) is 4.39. The highest BCUT2D eigenvalue weighted by Crippen LogP contribution is 2.16. The molecule has 2 heterocycles. The Balaban J connectivity index is 1.44. The molecule has 2 aromatic rings. The van der Waals surface area contributed by atoms with Crippen molar-refractivity contribution in [3.05, 3.63) is 24.3 Å². The average molecular weight is 272 g/mol. The SMILES string of the molecule is CC1CCN(CCCCn2nnc3ccccc32)CC1. The van der Waals surface area contributed by atoms with Crippen LogP contribution in [0.5, 0.6) is 0 Å². The third kappa shape index (κ3) is 3.18. The summed E-state index contributed by atoms with van der Waals surface area (Å²) in [5, 5.41) is 8.44. The smallest absolute Gasteiger partial charge is 0.113 e. The Kier molecular flexibility index (Phi) is 4.31. The van der Waals surface area contributed by atoms with E-state index < -0.39 is 0 Å². The summed E-state index contributed by atoms with van der Waals surface area (Å²) in [5.41, 5.74) is 2.15. The van der Waals surface area contributed by atoms with Gasteiger partial charge in [0.2, 0.25) is 0 Å². The summed E-state index contributed by atoms with van der Waals surface area (Å²) in [6.07, 6.45) is 5.17. The fourth-order valence-electron chi connectivity index (χ4n) is 2.97. The van der Waals surface area contributed by atoms with E-state index in [4.69, 9.17) is 0 Å². The van der Waals surface area contributed by atoms with Gasteiger partial charge in [0, 0.05) is 6.54 Å². The molecule has 108 valence electrons. The van der Waals surface area contributed by atoms with Gasteiger partial charge < -0.3 is 4.90 Å².